The molecule has 5 nitrogen and oxygen atoms in total. The number of carbonyl (C=O) groups is 1. The lowest BCUT2D eigenvalue weighted by Crippen LogP contribution is -2.58. The Labute approximate surface area is 189 Å². The van der Waals surface area contributed by atoms with Gasteiger partial charge >= 0.3 is 0 Å². The molecule has 2 atom stereocenters. The van der Waals surface area contributed by atoms with Crippen molar-refractivity contribution in [1.82, 2.24) is 14.9 Å². The summed E-state index contributed by atoms with van der Waals surface area (Å²) in [5.41, 5.74) is 0.118. The molecule has 0 saturated heterocycles. The number of hydrogen-bond acceptors (Lipinski definition) is 3. The van der Waals surface area contributed by atoms with Crippen molar-refractivity contribution in [2.75, 3.05) is 6.54 Å². The van der Waals surface area contributed by atoms with Crippen molar-refractivity contribution >= 4 is 44.3 Å². The van der Waals surface area contributed by atoms with Crippen LogP contribution in [0.5, 0.6) is 0 Å². The third kappa shape index (κ3) is 3.50. The largest absolute Gasteiger partial charge is 0.335 e. The number of carbonyl (C=O) groups excluding carboxylic acids is 1. The molecule has 30 heavy (non-hydrogen) atoms. The summed E-state index contributed by atoms with van der Waals surface area (Å²) in [5, 5.41) is 1.06. The average molecular weight is 493 g/mol. The van der Waals surface area contributed by atoms with Crippen molar-refractivity contribution in [3.05, 3.63) is 39.4 Å². The summed E-state index contributed by atoms with van der Waals surface area (Å²) < 4.78 is 0.136. The van der Waals surface area contributed by atoms with Gasteiger partial charge in [0.1, 0.15) is 5.82 Å². The monoisotopic (exact) mass is 491 g/mol. The number of rotatable bonds is 5. The van der Waals surface area contributed by atoms with Crippen LogP contribution in [0.3, 0.4) is 0 Å². The molecule has 4 bridgehead atoms. The van der Waals surface area contributed by atoms with Gasteiger partial charge in [-0.05, 0) is 75.0 Å². The van der Waals surface area contributed by atoms with Crippen LogP contribution in [0, 0.1) is 17.3 Å². The zero-order chi connectivity index (χ0) is 21.1. The fourth-order valence-corrected chi connectivity index (χ4v) is 8.29. The van der Waals surface area contributed by atoms with Gasteiger partial charge in [-0.15, -0.1) is 0 Å². The van der Waals surface area contributed by atoms with Gasteiger partial charge in [0.25, 0.3) is 5.56 Å². The van der Waals surface area contributed by atoms with E-state index >= 15 is 0 Å². The summed E-state index contributed by atoms with van der Waals surface area (Å²) in [4.78, 5) is 35.9. The van der Waals surface area contributed by atoms with Gasteiger partial charge in [0.15, 0.2) is 0 Å². The Morgan fingerprint density at radius 1 is 1.30 bits per heavy atom. The first-order chi connectivity index (χ1) is 14.3. The Bertz CT molecular complexity index is 1050. The fourth-order valence-electron chi connectivity index (χ4n) is 6.68. The highest BCUT2D eigenvalue weighted by Crippen LogP contribution is 2.64. The van der Waals surface area contributed by atoms with E-state index in [1.807, 2.05) is 4.90 Å². The number of benzene rings is 1. The SMILES string of the molecule is CCCN(Cc1nc2cc(Cl)ccc2c(=O)[nH]1)C(=O)C12CC3CC(CC(Br)(C3)C1)C2. The van der Waals surface area contributed by atoms with Gasteiger partial charge in [-0.2, -0.15) is 0 Å². The van der Waals surface area contributed by atoms with Gasteiger partial charge in [-0.1, -0.05) is 34.5 Å². The van der Waals surface area contributed by atoms with Gasteiger partial charge < -0.3 is 9.88 Å². The number of nitrogens with one attached hydrogen (secondary N) is 1. The predicted octanol–water partition coefficient (Wildman–Crippen LogP) is 5.05. The summed E-state index contributed by atoms with van der Waals surface area (Å²) >= 11 is 10.1. The molecule has 1 aromatic heterocycles. The topological polar surface area (TPSA) is 66.1 Å². The van der Waals surface area contributed by atoms with Crippen molar-refractivity contribution in [2.24, 2.45) is 17.3 Å². The first-order valence-electron chi connectivity index (χ1n) is 11.0. The molecule has 4 fully saturated rings. The number of alkyl halides is 1. The van der Waals surface area contributed by atoms with Crippen molar-refractivity contribution < 1.29 is 4.79 Å². The summed E-state index contributed by atoms with van der Waals surface area (Å²) in [5.74, 6) is 2.07. The van der Waals surface area contributed by atoms with Crippen LogP contribution in [0.15, 0.2) is 23.0 Å². The number of fused-ring (bicyclic) bond motifs is 1. The highest BCUT2D eigenvalue weighted by Gasteiger charge is 2.60. The maximum atomic E-state index is 13.9. The van der Waals surface area contributed by atoms with E-state index in [2.05, 4.69) is 32.8 Å². The molecule has 1 heterocycles. The standard InChI is InChI=1S/C23H27BrClN3O2/c1-2-5-28(12-19-26-18-7-16(25)3-4-17(18)20(29)27-19)21(30)22-8-14-6-15(9-22)11-23(24,10-14)13-22/h3-4,7,14-15H,2,5-6,8-13H2,1H3,(H,26,27,29). The minimum atomic E-state index is -0.261. The number of aromatic amines is 1. The Morgan fingerprint density at radius 3 is 2.70 bits per heavy atom. The molecule has 1 aromatic carbocycles. The maximum absolute atomic E-state index is 13.9. The van der Waals surface area contributed by atoms with Gasteiger partial charge in [-0.25, -0.2) is 4.98 Å². The molecule has 2 aromatic rings. The molecule has 7 heteroatoms. The fraction of sp³-hybridized carbons (Fsp3) is 0.609. The van der Waals surface area contributed by atoms with E-state index < -0.39 is 0 Å². The third-order valence-electron chi connectivity index (χ3n) is 7.28. The minimum Gasteiger partial charge on any atom is -0.335 e. The van der Waals surface area contributed by atoms with Gasteiger partial charge in [0.2, 0.25) is 5.91 Å². The van der Waals surface area contributed by atoms with Crippen LogP contribution in [0.2, 0.25) is 5.02 Å². The Morgan fingerprint density at radius 2 is 2.03 bits per heavy atom. The van der Waals surface area contributed by atoms with Crippen LogP contribution in [0.4, 0.5) is 0 Å². The second kappa shape index (κ2) is 7.33. The molecule has 0 radical (unpaired) electrons. The lowest BCUT2D eigenvalue weighted by molar-refractivity contribution is -0.156. The molecule has 0 spiro atoms. The van der Waals surface area contributed by atoms with Crippen LogP contribution in [0.25, 0.3) is 10.9 Å². The van der Waals surface area contributed by atoms with Crippen LogP contribution >= 0.6 is 27.5 Å². The molecule has 4 aliphatic carbocycles. The zero-order valence-corrected chi connectivity index (χ0v) is 19.6. The molecule has 1 amide bonds. The molecule has 0 aliphatic heterocycles. The van der Waals surface area contributed by atoms with E-state index in [1.54, 1.807) is 18.2 Å². The first kappa shape index (κ1) is 20.5. The third-order valence-corrected chi connectivity index (χ3v) is 8.45. The second-order valence-corrected chi connectivity index (χ2v) is 11.9. The van der Waals surface area contributed by atoms with Crippen molar-refractivity contribution in [2.45, 2.75) is 62.7 Å². The molecule has 1 N–H and O–H groups in total. The number of H-pyrrole nitrogens is 1. The molecule has 6 rings (SSSR count). The molecular weight excluding hydrogens is 466 g/mol. The van der Waals surface area contributed by atoms with Crippen LogP contribution in [-0.4, -0.2) is 31.6 Å². The maximum Gasteiger partial charge on any atom is 0.258 e. The highest BCUT2D eigenvalue weighted by molar-refractivity contribution is 9.10. The van der Waals surface area contributed by atoms with Gasteiger partial charge in [-0.3, -0.25) is 9.59 Å². The molecule has 160 valence electrons. The number of nitrogens with zero attached hydrogens (tertiary/aromatic N) is 2. The second-order valence-electron chi connectivity index (χ2n) is 9.79. The summed E-state index contributed by atoms with van der Waals surface area (Å²) in [6.07, 6.45) is 7.50. The zero-order valence-electron chi connectivity index (χ0n) is 17.2. The smallest absolute Gasteiger partial charge is 0.258 e. The van der Waals surface area contributed by atoms with Crippen LogP contribution < -0.4 is 5.56 Å². The normalized spacial score (nSPS) is 32.0. The number of amides is 1. The molecule has 2 unspecified atom stereocenters. The first-order valence-corrected chi connectivity index (χ1v) is 12.1. The van der Waals surface area contributed by atoms with Gasteiger partial charge in [0, 0.05) is 15.9 Å². The van der Waals surface area contributed by atoms with Crippen molar-refractivity contribution in [1.29, 1.82) is 0 Å². The van der Waals surface area contributed by atoms with Crippen LogP contribution in [0.1, 0.15) is 57.7 Å². The van der Waals surface area contributed by atoms with E-state index in [1.165, 1.54) is 19.3 Å². The average Bonchev–Trinajstić information content (AvgIpc) is 2.64. The lowest BCUT2D eigenvalue weighted by Gasteiger charge is -2.60. The quantitative estimate of drug-likeness (QED) is 0.594. The van der Waals surface area contributed by atoms with E-state index in [9.17, 15) is 9.59 Å². The highest BCUT2D eigenvalue weighted by atomic mass is 79.9. The molecule has 4 saturated carbocycles. The van der Waals surface area contributed by atoms with Crippen LogP contribution in [-0.2, 0) is 11.3 Å². The number of aromatic nitrogens is 2. The summed E-state index contributed by atoms with van der Waals surface area (Å²) in [6.45, 7) is 3.08. The van der Waals surface area contributed by atoms with E-state index in [0.29, 0.717) is 46.7 Å². The van der Waals surface area contributed by atoms with E-state index in [-0.39, 0.29) is 21.2 Å². The Kier molecular flexibility index (Phi) is 5.01. The number of halogens is 2. The molecular formula is C23H27BrClN3O2. The van der Waals surface area contributed by atoms with E-state index in [0.717, 1.165) is 25.7 Å². The van der Waals surface area contributed by atoms with Crippen molar-refractivity contribution in [3.63, 3.8) is 0 Å². The number of hydrogen-bond donors (Lipinski definition) is 1. The Hall–Kier alpha value is -1.40. The summed E-state index contributed by atoms with van der Waals surface area (Å²) in [6, 6.07) is 5.08. The van der Waals surface area contributed by atoms with Gasteiger partial charge in [0.05, 0.1) is 22.9 Å². The molecule has 4 aliphatic rings. The Balaban J connectivity index is 1.46. The predicted molar refractivity (Wildman–Crippen MR) is 122 cm³/mol. The van der Waals surface area contributed by atoms with E-state index in [4.69, 9.17) is 11.6 Å². The summed E-state index contributed by atoms with van der Waals surface area (Å²) in [7, 11) is 0. The van der Waals surface area contributed by atoms with Crippen molar-refractivity contribution in [3.8, 4) is 0 Å². The lowest BCUT2D eigenvalue weighted by atomic mass is 9.49. The minimum absolute atomic E-state index is 0.136.